The Bertz CT molecular complexity index is 2960. The molecule has 0 N–H and O–H groups in total. The van der Waals surface area contributed by atoms with Crippen LogP contribution in [0.1, 0.15) is 12.3 Å². The van der Waals surface area contributed by atoms with Gasteiger partial charge in [-0.1, -0.05) is 158 Å². The predicted molar refractivity (Wildman–Crippen MR) is 190 cm³/mol. The van der Waals surface area contributed by atoms with Gasteiger partial charge in [0.1, 0.15) is 11.2 Å². The Kier molecular flexibility index (Phi) is 4.15. The highest BCUT2D eigenvalue weighted by atomic mass is 16.3. The molecule has 1 aromatic heterocycles. The van der Waals surface area contributed by atoms with E-state index in [1.807, 2.05) is 84.9 Å². The Balaban J connectivity index is 1.40. The molecule has 1 heterocycles. The third-order valence-electron chi connectivity index (χ3n) is 8.43. The maximum absolute atomic E-state index is 9.55. The molecule has 0 saturated heterocycles. The lowest BCUT2D eigenvalue weighted by atomic mass is 9.84. The molecule has 9 rings (SSSR count). The van der Waals surface area contributed by atoms with Crippen LogP contribution in [0.4, 0.5) is 0 Å². The third-order valence-corrected chi connectivity index (χ3v) is 8.43. The first-order valence-electron chi connectivity index (χ1n) is 19.2. The van der Waals surface area contributed by atoms with Crippen LogP contribution in [-0.4, -0.2) is 0 Å². The summed E-state index contributed by atoms with van der Waals surface area (Å²) in [7, 11) is 0. The second-order valence-corrected chi connectivity index (χ2v) is 10.9. The van der Waals surface area contributed by atoms with Crippen LogP contribution in [0.2, 0.25) is 0 Å². The highest BCUT2D eigenvalue weighted by Gasteiger charge is 2.21. The zero-order valence-electron chi connectivity index (χ0n) is 32.9. The lowest BCUT2D eigenvalue weighted by Gasteiger charge is -2.18. The van der Waals surface area contributed by atoms with Crippen LogP contribution in [0, 0.1) is 0 Å². The Morgan fingerprint density at radius 3 is 1.71 bits per heavy atom. The summed E-state index contributed by atoms with van der Waals surface area (Å²) in [6, 6.07) is 32.9. The average molecular weight is 582 g/mol. The second-order valence-electron chi connectivity index (χ2n) is 10.9. The highest BCUT2D eigenvalue weighted by molar-refractivity contribution is 6.26. The van der Waals surface area contributed by atoms with Gasteiger partial charge in [0.05, 0.1) is 12.3 Å². The van der Waals surface area contributed by atoms with Crippen molar-refractivity contribution < 1.29 is 16.8 Å². The molecule has 0 radical (unpaired) electrons. The molecule has 210 valence electrons. The van der Waals surface area contributed by atoms with Crippen molar-refractivity contribution in [3.05, 3.63) is 170 Å². The van der Waals surface area contributed by atoms with Crippen LogP contribution in [0.5, 0.6) is 0 Å². The summed E-state index contributed by atoms with van der Waals surface area (Å²) < 4.78 is 85.2. The molecule has 0 saturated carbocycles. The summed E-state index contributed by atoms with van der Waals surface area (Å²) in [5.74, 6) is 0. The van der Waals surface area contributed by atoms with E-state index in [4.69, 9.17) is 14.0 Å². The molecule has 0 aliphatic carbocycles. The molecule has 0 unspecified atom stereocenters. The summed E-state index contributed by atoms with van der Waals surface area (Å²) in [6.45, 7) is 0. The number of furan rings is 1. The Labute approximate surface area is 274 Å². The molecule has 0 aliphatic rings. The number of benzene rings is 8. The van der Waals surface area contributed by atoms with E-state index in [2.05, 4.69) is 30.3 Å². The Hall–Kier alpha value is -5.92. The normalized spacial score (nSPS) is 14.4. The maximum atomic E-state index is 9.55. The average Bonchev–Trinajstić information content (AvgIpc) is 3.59. The summed E-state index contributed by atoms with van der Waals surface area (Å²) >= 11 is 0. The number of hydrogen-bond acceptors (Lipinski definition) is 1. The van der Waals surface area contributed by atoms with Crippen LogP contribution in [0.25, 0.3) is 88.0 Å². The van der Waals surface area contributed by atoms with Gasteiger partial charge >= 0.3 is 0 Å². The molecular formula is C44H28O. The van der Waals surface area contributed by atoms with Gasteiger partial charge in [0, 0.05) is 16.3 Å². The van der Waals surface area contributed by atoms with E-state index in [0.717, 1.165) is 55.0 Å². The van der Waals surface area contributed by atoms with Crippen molar-refractivity contribution >= 4 is 43.5 Å². The number of para-hydroxylation sites is 1. The highest BCUT2D eigenvalue weighted by Crippen LogP contribution is 2.47. The van der Waals surface area contributed by atoms with Crippen molar-refractivity contribution in [2.75, 3.05) is 0 Å². The van der Waals surface area contributed by atoms with E-state index in [0.29, 0.717) is 16.3 Å². The first kappa shape index (κ1) is 18.0. The van der Waals surface area contributed by atoms with E-state index < -0.39 is 42.3 Å². The van der Waals surface area contributed by atoms with E-state index in [9.17, 15) is 2.74 Å². The van der Waals surface area contributed by atoms with Gasteiger partial charge in [0.15, 0.2) is 0 Å². The van der Waals surface area contributed by atoms with Gasteiger partial charge in [-0.2, -0.15) is 0 Å². The van der Waals surface area contributed by atoms with Crippen LogP contribution < -0.4 is 0 Å². The number of hydrogen-bond donors (Lipinski definition) is 0. The second kappa shape index (κ2) is 10.4. The molecule has 45 heavy (non-hydrogen) atoms. The summed E-state index contributed by atoms with van der Waals surface area (Å²) in [5.41, 5.74) is 5.24. The van der Waals surface area contributed by atoms with E-state index in [1.165, 1.54) is 0 Å². The SMILES string of the molecule is [2H]c1c([2H])c([2H])c(-c2c([2H])c([2H])c([2H])c(-c3c4ccccc4c(-c4cccc5oc6c(-c7ccccc7)cccc6c45)c4ccccc34)c2[2H])c([2H])c1[2H]. The standard InChI is InChI=1S/C44H28O/c1-3-14-29(15-4-1)31-18-11-19-32(28-31)41-34-20-7-9-22-36(34)42(37-23-10-8-21-35(37)41)38-25-13-27-40-43(38)39-26-12-24-33(44(39)45-40)30-16-5-2-6-17-30/h1-28H/i1D,3D,4D,11D,14D,15D,18D,19D,28D. The van der Waals surface area contributed by atoms with E-state index in [-0.39, 0.29) is 28.8 Å². The Morgan fingerprint density at radius 1 is 0.400 bits per heavy atom. The molecule has 0 fully saturated rings. The van der Waals surface area contributed by atoms with Gasteiger partial charge in [-0.05, 0) is 72.6 Å². The van der Waals surface area contributed by atoms with Gasteiger partial charge < -0.3 is 4.42 Å². The lowest BCUT2D eigenvalue weighted by molar-refractivity contribution is 0.670. The van der Waals surface area contributed by atoms with Gasteiger partial charge in [0.2, 0.25) is 0 Å². The topological polar surface area (TPSA) is 13.1 Å². The van der Waals surface area contributed by atoms with Crippen molar-refractivity contribution in [1.82, 2.24) is 0 Å². The fourth-order valence-electron chi connectivity index (χ4n) is 6.56. The zero-order valence-corrected chi connectivity index (χ0v) is 23.9. The van der Waals surface area contributed by atoms with Crippen molar-refractivity contribution in [2.24, 2.45) is 0 Å². The zero-order chi connectivity index (χ0) is 37.6. The molecule has 1 heteroatoms. The number of fused-ring (bicyclic) bond motifs is 5. The smallest absolute Gasteiger partial charge is 0.143 e. The van der Waals surface area contributed by atoms with Crippen LogP contribution >= 0.6 is 0 Å². The molecule has 0 spiro atoms. The number of rotatable bonds is 4. The summed E-state index contributed by atoms with van der Waals surface area (Å²) in [5, 5.41) is 4.90. The molecule has 0 aliphatic heterocycles. The maximum Gasteiger partial charge on any atom is 0.143 e. The van der Waals surface area contributed by atoms with Crippen molar-refractivity contribution in [1.29, 1.82) is 0 Å². The van der Waals surface area contributed by atoms with Crippen molar-refractivity contribution in [3.63, 3.8) is 0 Å². The van der Waals surface area contributed by atoms with Gasteiger partial charge in [-0.3, -0.25) is 0 Å². The van der Waals surface area contributed by atoms with Crippen molar-refractivity contribution in [3.8, 4) is 44.5 Å². The quantitative estimate of drug-likeness (QED) is 0.188. The minimum absolute atomic E-state index is 0.0382. The summed E-state index contributed by atoms with van der Waals surface area (Å²) in [6.07, 6.45) is 0. The van der Waals surface area contributed by atoms with E-state index >= 15 is 0 Å². The summed E-state index contributed by atoms with van der Waals surface area (Å²) in [4.78, 5) is 0. The van der Waals surface area contributed by atoms with Crippen molar-refractivity contribution in [2.45, 2.75) is 0 Å². The van der Waals surface area contributed by atoms with Crippen LogP contribution in [-0.2, 0) is 0 Å². The van der Waals surface area contributed by atoms with Gasteiger partial charge in [-0.25, -0.2) is 0 Å². The monoisotopic (exact) mass is 581 g/mol. The predicted octanol–water partition coefficient (Wildman–Crippen LogP) is 12.6. The first-order valence-corrected chi connectivity index (χ1v) is 14.7. The van der Waals surface area contributed by atoms with Gasteiger partial charge in [-0.15, -0.1) is 0 Å². The van der Waals surface area contributed by atoms with Crippen LogP contribution in [0.15, 0.2) is 174 Å². The largest absolute Gasteiger partial charge is 0.455 e. The molecular weight excluding hydrogens is 544 g/mol. The fraction of sp³-hybridized carbons (Fsp3) is 0. The molecule has 8 aromatic carbocycles. The minimum atomic E-state index is -0.607. The first-order chi connectivity index (χ1) is 26.1. The molecule has 0 amide bonds. The molecule has 0 atom stereocenters. The third kappa shape index (κ3) is 4.09. The van der Waals surface area contributed by atoms with Gasteiger partial charge in [0.25, 0.3) is 0 Å². The molecule has 1 nitrogen and oxygen atoms in total. The fourth-order valence-corrected chi connectivity index (χ4v) is 6.56. The van der Waals surface area contributed by atoms with Crippen LogP contribution in [0.3, 0.4) is 0 Å². The lowest BCUT2D eigenvalue weighted by Crippen LogP contribution is -1.91. The minimum Gasteiger partial charge on any atom is -0.455 e. The van der Waals surface area contributed by atoms with E-state index in [1.54, 1.807) is 0 Å². The Morgan fingerprint density at radius 2 is 0.978 bits per heavy atom. The molecule has 9 aromatic rings. The molecule has 0 bridgehead atoms.